The quantitative estimate of drug-likeness (QED) is 0.448. The predicted octanol–water partition coefficient (Wildman–Crippen LogP) is 5.24. The van der Waals surface area contributed by atoms with Crippen molar-refractivity contribution in [3.05, 3.63) is 58.0 Å². The maximum absolute atomic E-state index is 13.4. The zero-order valence-electron chi connectivity index (χ0n) is 22.3. The van der Waals surface area contributed by atoms with Gasteiger partial charge in [0.25, 0.3) is 5.91 Å². The molecule has 8 heteroatoms. The van der Waals surface area contributed by atoms with Crippen LogP contribution in [0.5, 0.6) is 5.75 Å². The number of carbonyl (C=O) groups excluding carboxylic acids is 1. The number of anilines is 1. The number of nitrogens with one attached hydrogen (secondary N) is 1. The number of halogens is 1. The van der Waals surface area contributed by atoms with Crippen LogP contribution in [0, 0.1) is 13.8 Å². The number of amides is 1. The van der Waals surface area contributed by atoms with Crippen LogP contribution in [0.1, 0.15) is 59.8 Å². The molecule has 2 heterocycles. The number of pyridine rings is 1. The number of methoxy groups -OCH3 is 1. The Morgan fingerprint density at radius 3 is 2.50 bits per heavy atom. The monoisotopic (exact) mass is 511 g/mol. The van der Waals surface area contributed by atoms with Gasteiger partial charge in [0.1, 0.15) is 11.4 Å². The van der Waals surface area contributed by atoms with E-state index in [-0.39, 0.29) is 5.91 Å². The predicted molar refractivity (Wildman–Crippen MR) is 147 cm³/mol. The minimum atomic E-state index is -0.157. The molecule has 194 valence electrons. The third kappa shape index (κ3) is 5.18. The number of aryl methyl sites for hydroxylation is 1. The Morgan fingerprint density at radius 2 is 1.86 bits per heavy atom. The second-order valence-corrected chi connectivity index (χ2v) is 10.4. The van der Waals surface area contributed by atoms with Crippen LogP contribution in [-0.4, -0.2) is 60.0 Å². The third-order valence-corrected chi connectivity index (χ3v) is 7.87. The van der Waals surface area contributed by atoms with Gasteiger partial charge in [-0.2, -0.15) is 0 Å². The number of nitrogens with zero attached hydrogens (tertiary/aromatic N) is 4. The van der Waals surface area contributed by atoms with Crippen molar-refractivity contribution in [2.75, 3.05) is 32.6 Å². The molecule has 2 aromatic heterocycles. The maximum atomic E-state index is 13.4. The molecule has 0 radical (unpaired) electrons. The normalized spacial score (nSPS) is 18.0. The number of aromatic nitrogens is 2. The van der Waals surface area contributed by atoms with Crippen LogP contribution in [0.15, 0.2) is 30.6 Å². The lowest BCUT2D eigenvalue weighted by Gasteiger charge is -2.40. The summed E-state index contributed by atoms with van der Waals surface area (Å²) in [5.74, 6) is 0.552. The molecule has 1 aliphatic carbocycles. The molecule has 0 saturated heterocycles. The van der Waals surface area contributed by atoms with Crippen LogP contribution >= 0.6 is 11.6 Å². The number of rotatable bonds is 8. The number of carbonyl (C=O) groups is 1. The van der Waals surface area contributed by atoms with Gasteiger partial charge in [-0.1, -0.05) is 11.6 Å². The molecular formula is C28H38ClN5O2. The molecule has 1 amide bonds. The van der Waals surface area contributed by atoms with Gasteiger partial charge in [0.05, 0.1) is 19.2 Å². The summed E-state index contributed by atoms with van der Waals surface area (Å²) in [6.45, 7) is 7.38. The van der Waals surface area contributed by atoms with E-state index in [4.69, 9.17) is 16.3 Å². The first-order valence-electron chi connectivity index (χ1n) is 12.8. The van der Waals surface area contributed by atoms with Gasteiger partial charge in [-0.05, 0) is 78.2 Å². The zero-order valence-corrected chi connectivity index (χ0v) is 23.0. The summed E-state index contributed by atoms with van der Waals surface area (Å²) in [6, 6.07) is 6.83. The Balaban J connectivity index is 1.57. The second-order valence-electron chi connectivity index (χ2n) is 9.95. The lowest BCUT2D eigenvalue weighted by atomic mass is 9.89. The molecule has 1 aromatic carbocycles. The Bertz CT molecular complexity index is 1230. The van der Waals surface area contributed by atoms with Gasteiger partial charge in [-0.15, -0.1) is 0 Å². The standard InChI is InChI=1S/C28H38ClN5O2/c1-7-33(22-10-8-21(9-11-22)32(4)5)25-16-20(29)15-23(19(25)3)28(35)31-17-24-26(36-6)14-18(2)34-13-12-30-27(24)34/h12-16,21-22H,7-11,17H2,1-6H3,(H,31,35)/t21-,22-. The van der Waals surface area contributed by atoms with Crippen LogP contribution < -0.4 is 15.0 Å². The maximum Gasteiger partial charge on any atom is 0.251 e. The van der Waals surface area contributed by atoms with Crippen LogP contribution in [0.3, 0.4) is 0 Å². The molecule has 0 spiro atoms. The third-order valence-electron chi connectivity index (χ3n) is 7.65. The van der Waals surface area contributed by atoms with Crippen molar-refractivity contribution in [3.63, 3.8) is 0 Å². The summed E-state index contributed by atoms with van der Waals surface area (Å²) in [5.41, 5.74) is 5.24. The summed E-state index contributed by atoms with van der Waals surface area (Å²) >= 11 is 6.57. The van der Waals surface area contributed by atoms with Crippen molar-refractivity contribution in [1.82, 2.24) is 19.6 Å². The number of imidazole rings is 1. The Kier molecular flexibility index (Phi) is 8.10. The summed E-state index contributed by atoms with van der Waals surface area (Å²) in [4.78, 5) is 22.7. The smallest absolute Gasteiger partial charge is 0.251 e. The van der Waals surface area contributed by atoms with E-state index in [0.29, 0.717) is 35.0 Å². The van der Waals surface area contributed by atoms with E-state index >= 15 is 0 Å². The highest BCUT2D eigenvalue weighted by Crippen LogP contribution is 2.34. The van der Waals surface area contributed by atoms with Crippen molar-refractivity contribution in [2.45, 2.75) is 65.1 Å². The lowest BCUT2D eigenvalue weighted by molar-refractivity contribution is 0.0950. The van der Waals surface area contributed by atoms with Crippen molar-refractivity contribution in [1.29, 1.82) is 0 Å². The summed E-state index contributed by atoms with van der Waals surface area (Å²) in [6.07, 6.45) is 8.30. The van der Waals surface area contributed by atoms with E-state index in [9.17, 15) is 4.79 Å². The number of fused-ring (bicyclic) bond motifs is 1. The molecule has 36 heavy (non-hydrogen) atoms. The molecule has 1 saturated carbocycles. The second kappa shape index (κ2) is 11.1. The van der Waals surface area contributed by atoms with E-state index in [1.807, 2.05) is 36.6 Å². The van der Waals surface area contributed by atoms with Crippen molar-refractivity contribution >= 4 is 28.8 Å². The number of hydrogen-bond acceptors (Lipinski definition) is 5. The van der Waals surface area contributed by atoms with E-state index in [0.717, 1.165) is 47.5 Å². The molecule has 1 fully saturated rings. The van der Waals surface area contributed by atoms with E-state index in [1.54, 1.807) is 19.4 Å². The molecule has 0 atom stereocenters. The number of hydrogen-bond donors (Lipinski definition) is 1. The molecule has 0 aliphatic heterocycles. The number of ether oxygens (including phenoxy) is 1. The van der Waals surface area contributed by atoms with E-state index in [1.165, 1.54) is 12.8 Å². The van der Waals surface area contributed by atoms with Gasteiger partial charge in [0, 0.05) is 59.1 Å². The SMILES string of the molecule is CCN(c1cc(Cl)cc(C(=O)NCc2c(OC)cc(C)n3ccnc23)c1C)[C@H]1CC[C@H](N(C)C)CC1. The van der Waals surface area contributed by atoms with Gasteiger partial charge in [-0.3, -0.25) is 4.79 Å². The van der Waals surface area contributed by atoms with E-state index in [2.05, 4.69) is 41.1 Å². The fourth-order valence-electron chi connectivity index (χ4n) is 5.59. The Morgan fingerprint density at radius 1 is 1.17 bits per heavy atom. The molecule has 4 rings (SSSR count). The fourth-order valence-corrected chi connectivity index (χ4v) is 5.80. The van der Waals surface area contributed by atoms with Crippen LogP contribution in [0.2, 0.25) is 5.02 Å². The topological polar surface area (TPSA) is 62.1 Å². The first kappa shape index (κ1) is 26.3. The fraction of sp³-hybridized carbons (Fsp3) is 0.500. The first-order valence-corrected chi connectivity index (χ1v) is 13.1. The lowest BCUT2D eigenvalue weighted by Crippen LogP contribution is -2.42. The van der Waals surface area contributed by atoms with Gasteiger partial charge < -0.3 is 24.3 Å². The van der Waals surface area contributed by atoms with E-state index < -0.39 is 0 Å². The van der Waals surface area contributed by atoms with Crippen LogP contribution in [-0.2, 0) is 6.54 Å². The van der Waals surface area contributed by atoms with Gasteiger partial charge in [0.2, 0.25) is 0 Å². The van der Waals surface area contributed by atoms with Gasteiger partial charge >= 0.3 is 0 Å². The van der Waals surface area contributed by atoms with Gasteiger partial charge in [-0.25, -0.2) is 4.98 Å². The largest absolute Gasteiger partial charge is 0.496 e. The highest BCUT2D eigenvalue weighted by Gasteiger charge is 2.28. The van der Waals surface area contributed by atoms with Gasteiger partial charge in [0.15, 0.2) is 0 Å². The molecule has 3 aromatic rings. The molecule has 1 N–H and O–H groups in total. The van der Waals surface area contributed by atoms with Crippen molar-refractivity contribution in [3.8, 4) is 5.75 Å². The zero-order chi connectivity index (χ0) is 26.0. The molecule has 1 aliphatic rings. The average Bonchev–Trinajstić information content (AvgIpc) is 3.36. The Hall–Kier alpha value is -2.77. The number of benzene rings is 1. The highest BCUT2D eigenvalue weighted by atomic mass is 35.5. The summed E-state index contributed by atoms with van der Waals surface area (Å²) in [5, 5.41) is 3.66. The molecule has 0 bridgehead atoms. The van der Waals surface area contributed by atoms with Crippen LogP contribution in [0.4, 0.5) is 5.69 Å². The molecule has 7 nitrogen and oxygen atoms in total. The minimum absolute atomic E-state index is 0.157. The Labute approximate surface area is 219 Å². The summed E-state index contributed by atoms with van der Waals surface area (Å²) < 4.78 is 7.60. The summed E-state index contributed by atoms with van der Waals surface area (Å²) in [7, 11) is 5.97. The average molecular weight is 512 g/mol. The van der Waals surface area contributed by atoms with Crippen molar-refractivity contribution < 1.29 is 9.53 Å². The molecular weight excluding hydrogens is 474 g/mol. The van der Waals surface area contributed by atoms with Crippen LogP contribution in [0.25, 0.3) is 5.65 Å². The van der Waals surface area contributed by atoms with Crippen molar-refractivity contribution in [2.24, 2.45) is 0 Å². The molecule has 0 unspecified atom stereocenters. The highest BCUT2D eigenvalue weighted by molar-refractivity contribution is 6.31. The minimum Gasteiger partial charge on any atom is -0.496 e. The first-order chi connectivity index (χ1) is 17.2.